The first-order valence-electron chi connectivity index (χ1n) is 3.38. The molecular weight excluding hydrogens is 132 g/mol. The van der Waals surface area contributed by atoms with Crippen LogP contribution in [-0.4, -0.2) is 5.88 Å². The van der Waals surface area contributed by atoms with Gasteiger partial charge in [-0.25, -0.2) is 0 Å². The number of alkyl halides is 1. The van der Waals surface area contributed by atoms with Gasteiger partial charge in [0.05, 0.1) is 0 Å². The van der Waals surface area contributed by atoms with E-state index in [1.807, 2.05) is 0 Å². The van der Waals surface area contributed by atoms with Crippen molar-refractivity contribution in [1.29, 1.82) is 0 Å². The summed E-state index contributed by atoms with van der Waals surface area (Å²) < 4.78 is 0. The van der Waals surface area contributed by atoms with Crippen LogP contribution >= 0.6 is 11.6 Å². The summed E-state index contributed by atoms with van der Waals surface area (Å²) in [6, 6.07) is 0. The standard InChI is InChI=1S/C8H15Cl/c1-7(2)4-5-8(3)6-9/h5,7H,4,6H2,1-3H3/b8-5-. The minimum Gasteiger partial charge on any atom is -0.122 e. The Morgan fingerprint density at radius 2 is 2.11 bits per heavy atom. The lowest BCUT2D eigenvalue weighted by atomic mass is 10.1. The minimum absolute atomic E-state index is 0.673. The Morgan fingerprint density at radius 3 is 2.44 bits per heavy atom. The molecule has 0 aromatic carbocycles. The normalized spacial score (nSPS) is 12.8. The van der Waals surface area contributed by atoms with Gasteiger partial charge in [0, 0.05) is 5.88 Å². The monoisotopic (exact) mass is 146 g/mol. The summed E-state index contributed by atoms with van der Waals surface area (Å²) in [5, 5.41) is 0. The Morgan fingerprint density at radius 1 is 1.56 bits per heavy atom. The fourth-order valence-corrected chi connectivity index (χ4v) is 0.601. The van der Waals surface area contributed by atoms with E-state index in [4.69, 9.17) is 11.6 Å². The topological polar surface area (TPSA) is 0 Å². The fraction of sp³-hybridized carbons (Fsp3) is 0.750. The number of allylic oxidation sites excluding steroid dienone is 2. The van der Waals surface area contributed by atoms with Crippen LogP contribution in [0.4, 0.5) is 0 Å². The Kier molecular flexibility index (Phi) is 4.88. The molecule has 0 aromatic rings. The number of hydrogen-bond acceptors (Lipinski definition) is 0. The molecule has 0 radical (unpaired) electrons. The molecule has 0 N–H and O–H groups in total. The van der Waals surface area contributed by atoms with Crippen LogP contribution < -0.4 is 0 Å². The molecule has 0 amide bonds. The summed E-state index contributed by atoms with van der Waals surface area (Å²) in [7, 11) is 0. The summed E-state index contributed by atoms with van der Waals surface area (Å²) in [4.78, 5) is 0. The van der Waals surface area contributed by atoms with Crippen molar-refractivity contribution in [2.24, 2.45) is 5.92 Å². The largest absolute Gasteiger partial charge is 0.122 e. The highest BCUT2D eigenvalue weighted by atomic mass is 35.5. The molecule has 0 aromatic heterocycles. The third kappa shape index (κ3) is 5.91. The fourth-order valence-electron chi connectivity index (χ4n) is 0.491. The second-order valence-electron chi connectivity index (χ2n) is 2.81. The SMILES string of the molecule is C/C(=C/CC(C)C)CCl. The summed E-state index contributed by atoms with van der Waals surface area (Å²) in [5.74, 6) is 1.43. The predicted octanol–water partition coefficient (Wildman–Crippen LogP) is 3.22. The zero-order valence-electron chi connectivity index (χ0n) is 6.45. The van der Waals surface area contributed by atoms with Crippen molar-refractivity contribution in [2.45, 2.75) is 27.2 Å². The molecule has 0 heterocycles. The van der Waals surface area contributed by atoms with Gasteiger partial charge in [-0.05, 0) is 19.3 Å². The zero-order chi connectivity index (χ0) is 7.28. The van der Waals surface area contributed by atoms with E-state index in [0.29, 0.717) is 5.88 Å². The molecule has 9 heavy (non-hydrogen) atoms. The highest BCUT2D eigenvalue weighted by Crippen LogP contribution is 2.04. The first-order valence-corrected chi connectivity index (χ1v) is 3.92. The van der Waals surface area contributed by atoms with Gasteiger partial charge < -0.3 is 0 Å². The van der Waals surface area contributed by atoms with E-state index in [2.05, 4.69) is 26.8 Å². The van der Waals surface area contributed by atoms with Gasteiger partial charge in [0.1, 0.15) is 0 Å². The van der Waals surface area contributed by atoms with Crippen molar-refractivity contribution in [3.63, 3.8) is 0 Å². The molecule has 54 valence electrons. The molecule has 0 bridgehead atoms. The molecule has 0 saturated carbocycles. The summed E-state index contributed by atoms with van der Waals surface area (Å²) in [6.45, 7) is 6.48. The van der Waals surface area contributed by atoms with Crippen LogP contribution in [0.2, 0.25) is 0 Å². The summed E-state index contributed by atoms with van der Waals surface area (Å²) in [6.07, 6.45) is 3.36. The Balaban J connectivity index is 3.43. The Labute approximate surface area is 62.9 Å². The summed E-state index contributed by atoms with van der Waals surface area (Å²) in [5.41, 5.74) is 1.28. The van der Waals surface area contributed by atoms with Gasteiger partial charge in [0.15, 0.2) is 0 Å². The van der Waals surface area contributed by atoms with E-state index in [-0.39, 0.29) is 0 Å². The Bertz CT molecular complexity index is 92.7. The van der Waals surface area contributed by atoms with Crippen LogP contribution in [0.15, 0.2) is 11.6 Å². The van der Waals surface area contributed by atoms with Crippen LogP contribution in [0.3, 0.4) is 0 Å². The van der Waals surface area contributed by atoms with E-state index in [0.717, 1.165) is 12.3 Å². The van der Waals surface area contributed by atoms with Gasteiger partial charge in [-0.15, -0.1) is 11.6 Å². The smallest absolute Gasteiger partial charge is 0.0430 e. The third-order valence-electron chi connectivity index (χ3n) is 1.15. The highest BCUT2D eigenvalue weighted by Gasteiger charge is 1.89. The average Bonchev–Trinajstić information content (AvgIpc) is 1.83. The molecular formula is C8H15Cl. The van der Waals surface area contributed by atoms with E-state index < -0.39 is 0 Å². The van der Waals surface area contributed by atoms with Crippen molar-refractivity contribution in [3.05, 3.63) is 11.6 Å². The molecule has 0 aliphatic carbocycles. The lowest BCUT2D eigenvalue weighted by molar-refractivity contribution is 0.661. The number of halogens is 1. The van der Waals surface area contributed by atoms with Crippen LogP contribution in [0, 0.1) is 5.92 Å². The lowest BCUT2D eigenvalue weighted by Gasteiger charge is -1.98. The quantitative estimate of drug-likeness (QED) is 0.424. The maximum atomic E-state index is 5.57. The van der Waals surface area contributed by atoms with E-state index in [1.54, 1.807) is 0 Å². The van der Waals surface area contributed by atoms with E-state index >= 15 is 0 Å². The molecule has 0 nitrogen and oxygen atoms in total. The average molecular weight is 147 g/mol. The molecule has 0 aliphatic rings. The van der Waals surface area contributed by atoms with Gasteiger partial charge in [-0.2, -0.15) is 0 Å². The van der Waals surface area contributed by atoms with Gasteiger partial charge in [0.2, 0.25) is 0 Å². The molecule has 0 fully saturated rings. The van der Waals surface area contributed by atoms with Crippen LogP contribution in [0.1, 0.15) is 27.2 Å². The molecule has 0 spiro atoms. The second-order valence-corrected chi connectivity index (χ2v) is 3.08. The van der Waals surface area contributed by atoms with Crippen LogP contribution in [-0.2, 0) is 0 Å². The van der Waals surface area contributed by atoms with Crippen molar-refractivity contribution in [1.82, 2.24) is 0 Å². The molecule has 0 aliphatic heterocycles. The van der Waals surface area contributed by atoms with Crippen LogP contribution in [0.25, 0.3) is 0 Å². The minimum atomic E-state index is 0.673. The molecule has 0 unspecified atom stereocenters. The first kappa shape index (κ1) is 9.03. The van der Waals surface area contributed by atoms with Gasteiger partial charge in [-0.1, -0.05) is 25.5 Å². The molecule has 1 heteroatoms. The Hall–Kier alpha value is 0.0300. The van der Waals surface area contributed by atoms with E-state index in [1.165, 1.54) is 5.57 Å². The van der Waals surface area contributed by atoms with Gasteiger partial charge in [0.25, 0.3) is 0 Å². The van der Waals surface area contributed by atoms with Gasteiger partial charge >= 0.3 is 0 Å². The zero-order valence-corrected chi connectivity index (χ0v) is 7.20. The highest BCUT2D eigenvalue weighted by molar-refractivity contribution is 6.19. The van der Waals surface area contributed by atoms with Crippen molar-refractivity contribution in [3.8, 4) is 0 Å². The van der Waals surface area contributed by atoms with Crippen LogP contribution in [0.5, 0.6) is 0 Å². The third-order valence-corrected chi connectivity index (χ3v) is 1.57. The van der Waals surface area contributed by atoms with Crippen molar-refractivity contribution < 1.29 is 0 Å². The van der Waals surface area contributed by atoms with Crippen molar-refractivity contribution >= 4 is 11.6 Å². The number of rotatable bonds is 3. The maximum absolute atomic E-state index is 5.57. The van der Waals surface area contributed by atoms with E-state index in [9.17, 15) is 0 Å². The molecule has 0 saturated heterocycles. The molecule has 0 rings (SSSR count). The second kappa shape index (κ2) is 4.87. The predicted molar refractivity (Wildman–Crippen MR) is 43.9 cm³/mol. The maximum Gasteiger partial charge on any atom is 0.0430 e. The van der Waals surface area contributed by atoms with Crippen molar-refractivity contribution in [2.75, 3.05) is 5.88 Å². The number of hydrogen-bond donors (Lipinski definition) is 0. The van der Waals surface area contributed by atoms with Gasteiger partial charge in [-0.3, -0.25) is 0 Å². The summed E-state index contributed by atoms with van der Waals surface area (Å²) >= 11 is 5.57. The molecule has 0 atom stereocenters. The first-order chi connectivity index (χ1) is 4.16. The lowest BCUT2D eigenvalue weighted by Crippen LogP contribution is -1.84.